The quantitative estimate of drug-likeness (QED) is 0.234. The molecule has 0 spiro atoms. The van der Waals surface area contributed by atoms with E-state index in [1.807, 2.05) is 40.7 Å². The molecule has 0 heteroatoms. The van der Waals surface area contributed by atoms with Gasteiger partial charge in [0.2, 0.25) is 0 Å². The second kappa shape index (κ2) is 24.9. The van der Waals surface area contributed by atoms with E-state index in [-0.39, 0.29) is 0 Å². The van der Waals surface area contributed by atoms with E-state index in [9.17, 15) is 0 Å². The van der Waals surface area contributed by atoms with Gasteiger partial charge in [-0.15, -0.1) is 13.2 Å². The fourth-order valence-electron chi connectivity index (χ4n) is 3.97. The lowest BCUT2D eigenvalue weighted by Crippen LogP contribution is -2.20. The smallest absolute Gasteiger partial charge is 0.0122 e. The number of hydrogen-bond donors (Lipinski definition) is 0. The van der Waals surface area contributed by atoms with Crippen LogP contribution in [0, 0.1) is 5.41 Å². The lowest BCUT2D eigenvalue weighted by Gasteiger charge is -2.34. The van der Waals surface area contributed by atoms with Gasteiger partial charge in [-0.05, 0) is 117 Å². The first-order valence-electron chi connectivity index (χ1n) is 15.4. The third kappa shape index (κ3) is 24.7. The van der Waals surface area contributed by atoms with Crippen molar-refractivity contribution in [1.29, 1.82) is 0 Å². The van der Waals surface area contributed by atoms with E-state index in [0.29, 0.717) is 5.41 Å². The molecule has 0 heterocycles. The van der Waals surface area contributed by atoms with Crippen LogP contribution >= 0.6 is 0 Å². The maximum Gasteiger partial charge on any atom is -0.0122 e. The Morgan fingerprint density at radius 3 is 1.64 bits per heavy atom. The van der Waals surface area contributed by atoms with Crippen LogP contribution in [0.4, 0.5) is 0 Å². The molecule has 1 saturated carbocycles. The van der Waals surface area contributed by atoms with Gasteiger partial charge in [0.15, 0.2) is 0 Å². The summed E-state index contributed by atoms with van der Waals surface area (Å²) in [6.45, 7) is 40.5. The van der Waals surface area contributed by atoms with Gasteiger partial charge in [0, 0.05) is 0 Å². The Kier molecular flexibility index (Phi) is 26.5. The van der Waals surface area contributed by atoms with Crippen molar-refractivity contribution in [2.75, 3.05) is 0 Å². The molecule has 2 aliphatic rings. The molecule has 0 atom stereocenters. The monoisotopic (exact) mass is 537 g/mol. The average Bonchev–Trinajstić information content (AvgIpc) is 2.88. The van der Waals surface area contributed by atoms with E-state index >= 15 is 0 Å². The van der Waals surface area contributed by atoms with Crippen LogP contribution in [0.25, 0.3) is 0 Å². The van der Waals surface area contributed by atoms with E-state index < -0.39 is 0 Å². The maximum atomic E-state index is 4.05. The number of hydrogen-bond acceptors (Lipinski definition) is 0. The minimum atomic E-state index is 0.484. The molecule has 0 nitrogen and oxygen atoms in total. The van der Waals surface area contributed by atoms with Crippen molar-refractivity contribution in [3.05, 3.63) is 95.2 Å². The summed E-state index contributed by atoms with van der Waals surface area (Å²) < 4.78 is 0. The highest BCUT2D eigenvalue weighted by molar-refractivity contribution is 5.36. The molecule has 0 amide bonds. The summed E-state index contributed by atoms with van der Waals surface area (Å²) in [5.41, 5.74) is 11.5. The van der Waals surface area contributed by atoms with Gasteiger partial charge in [-0.1, -0.05) is 118 Å². The molecule has 0 aromatic carbocycles. The molecule has 2 aliphatic carbocycles. The molecule has 0 radical (unpaired) electrons. The van der Waals surface area contributed by atoms with E-state index in [0.717, 1.165) is 12.0 Å². The Bertz CT molecular complexity index is 836. The van der Waals surface area contributed by atoms with Crippen molar-refractivity contribution in [2.24, 2.45) is 5.41 Å². The third-order valence-electron chi connectivity index (χ3n) is 7.33. The molecule has 2 rings (SSSR count). The zero-order chi connectivity index (χ0) is 31.0. The van der Waals surface area contributed by atoms with Crippen molar-refractivity contribution in [3.8, 4) is 0 Å². The second-order valence-electron chi connectivity index (χ2n) is 11.8. The normalized spacial score (nSPS) is 16.0. The van der Waals surface area contributed by atoms with Crippen molar-refractivity contribution in [3.63, 3.8) is 0 Å². The van der Waals surface area contributed by atoms with Crippen molar-refractivity contribution in [2.45, 2.75) is 147 Å². The van der Waals surface area contributed by atoms with Crippen LogP contribution in [0.1, 0.15) is 147 Å². The fourth-order valence-corrected chi connectivity index (χ4v) is 3.97. The average molecular weight is 537 g/mol. The van der Waals surface area contributed by atoms with E-state index in [1.165, 1.54) is 80.1 Å². The summed E-state index contributed by atoms with van der Waals surface area (Å²) in [5.74, 6) is 0. The van der Waals surface area contributed by atoms with Crippen molar-refractivity contribution >= 4 is 0 Å². The summed E-state index contributed by atoms with van der Waals surface area (Å²) in [7, 11) is 0. The summed E-state index contributed by atoms with van der Waals surface area (Å²) in [5, 5.41) is 0. The number of allylic oxidation sites excluding steroid dienone is 12. The van der Waals surface area contributed by atoms with Crippen molar-refractivity contribution in [1.82, 2.24) is 0 Å². The minimum absolute atomic E-state index is 0.484. The Labute approximate surface area is 247 Å². The SMILES string of the molecule is C=C(C)/C=C\C(C)=C/C.C=C(C)C.C=C(C)C1(C)CCCCC1.C=C(C)CC.CCC1=CCCC(CC)=C1C. The fraction of sp³-hybridized carbons (Fsp3) is 0.590. The maximum absolute atomic E-state index is 4.05. The second-order valence-corrected chi connectivity index (χ2v) is 11.8. The number of rotatable bonds is 6. The van der Waals surface area contributed by atoms with E-state index in [4.69, 9.17) is 0 Å². The van der Waals surface area contributed by atoms with Crippen LogP contribution in [0.15, 0.2) is 95.2 Å². The first-order valence-corrected chi connectivity index (χ1v) is 15.4. The molecular formula is C39H68. The highest BCUT2D eigenvalue weighted by Crippen LogP contribution is 2.40. The van der Waals surface area contributed by atoms with Gasteiger partial charge in [0.25, 0.3) is 0 Å². The Hall–Kier alpha value is -2.08. The van der Waals surface area contributed by atoms with Crippen LogP contribution in [0.5, 0.6) is 0 Å². The molecule has 0 N–H and O–H groups in total. The predicted octanol–water partition coefficient (Wildman–Crippen LogP) is 14.0. The molecule has 224 valence electrons. The van der Waals surface area contributed by atoms with Gasteiger partial charge in [-0.3, -0.25) is 0 Å². The van der Waals surface area contributed by atoms with Gasteiger partial charge in [-0.25, -0.2) is 0 Å². The first-order chi connectivity index (χ1) is 18.1. The highest BCUT2D eigenvalue weighted by atomic mass is 14.3. The predicted molar refractivity (Wildman–Crippen MR) is 186 cm³/mol. The van der Waals surface area contributed by atoms with E-state index in [1.54, 1.807) is 16.7 Å². The summed E-state index contributed by atoms with van der Waals surface area (Å²) >= 11 is 0. The molecule has 0 saturated heterocycles. The summed E-state index contributed by atoms with van der Waals surface area (Å²) in [4.78, 5) is 0. The zero-order valence-corrected chi connectivity index (χ0v) is 28.7. The zero-order valence-electron chi connectivity index (χ0n) is 28.7. The van der Waals surface area contributed by atoms with Crippen LogP contribution in [-0.4, -0.2) is 0 Å². The van der Waals surface area contributed by atoms with E-state index in [2.05, 4.69) is 93.0 Å². The van der Waals surface area contributed by atoms with Gasteiger partial charge in [0.05, 0.1) is 0 Å². The topological polar surface area (TPSA) is 0 Å². The minimum Gasteiger partial charge on any atom is -0.100 e. The molecule has 39 heavy (non-hydrogen) atoms. The van der Waals surface area contributed by atoms with Crippen LogP contribution in [0.2, 0.25) is 0 Å². The third-order valence-corrected chi connectivity index (χ3v) is 7.33. The van der Waals surface area contributed by atoms with Crippen LogP contribution in [0.3, 0.4) is 0 Å². The summed E-state index contributed by atoms with van der Waals surface area (Å²) in [6, 6.07) is 0. The van der Waals surface area contributed by atoms with Gasteiger partial charge < -0.3 is 0 Å². The van der Waals surface area contributed by atoms with Crippen LogP contribution in [-0.2, 0) is 0 Å². The molecule has 1 fully saturated rings. The first kappa shape index (κ1) is 41.4. The molecular weight excluding hydrogens is 468 g/mol. The van der Waals surface area contributed by atoms with Crippen LogP contribution < -0.4 is 0 Å². The van der Waals surface area contributed by atoms with Gasteiger partial charge in [0.1, 0.15) is 0 Å². The molecule has 0 bridgehead atoms. The molecule has 0 aromatic rings. The largest absolute Gasteiger partial charge is 0.100 e. The Morgan fingerprint density at radius 1 is 0.846 bits per heavy atom. The molecule has 0 unspecified atom stereocenters. The Balaban J connectivity index is -0.000000435. The lowest BCUT2D eigenvalue weighted by atomic mass is 9.72. The standard InChI is InChI=1S/C11H18.C10H18.C9H14.C5H10.C4H8/c1-4-10-7-6-8-11(5-2)9(10)3;1-9(2)10(3)7-5-4-6-8-10;1-5-9(4)7-6-8(2)3;1-4-5(2)3;1-4(2)3/h7H,4-6,8H2,1-3H3;1,4-8H2,2-3H3;5-7H,2H2,1,3-4H3;2,4H2,1,3H3;1H2,2-3H3/b;;7-6-,9-5-;;. The van der Waals surface area contributed by atoms with Crippen molar-refractivity contribution < 1.29 is 0 Å². The van der Waals surface area contributed by atoms with Gasteiger partial charge in [-0.2, -0.15) is 0 Å². The lowest BCUT2D eigenvalue weighted by molar-refractivity contribution is 0.268. The highest BCUT2D eigenvalue weighted by Gasteiger charge is 2.26. The van der Waals surface area contributed by atoms with Gasteiger partial charge >= 0.3 is 0 Å². The molecule has 0 aromatic heterocycles. The Morgan fingerprint density at radius 2 is 1.33 bits per heavy atom. The molecule has 0 aliphatic heterocycles. The summed E-state index contributed by atoms with van der Waals surface area (Å²) in [6.07, 6.45) is 21.6.